The topological polar surface area (TPSA) is 148 Å². The molecule has 0 atom stereocenters. The molecule has 0 aromatic carbocycles. The summed E-state index contributed by atoms with van der Waals surface area (Å²) in [6, 6.07) is 2.19. The van der Waals surface area contributed by atoms with Gasteiger partial charge in [0.1, 0.15) is 22.0 Å². The van der Waals surface area contributed by atoms with Crippen LogP contribution in [0.15, 0.2) is 40.9 Å². The fourth-order valence-electron chi connectivity index (χ4n) is 3.71. The SMILES string of the molecule is CCNC(=O)Nc1cc(-c2nc(C(F)(F)F)cs2)c(-c2cnc3c(c2)c(=O)c(C(=O)O)cn3CCOC)cn1. The predicted molar refractivity (Wildman–Crippen MR) is 137 cm³/mol. The lowest BCUT2D eigenvalue weighted by atomic mass is 10.0. The Morgan fingerprint density at radius 1 is 1.18 bits per heavy atom. The first kappa shape index (κ1) is 27.7. The zero-order valence-corrected chi connectivity index (χ0v) is 21.3. The van der Waals surface area contributed by atoms with Gasteiger partial charge >= 0.3 is 18.2 Å². The lowest BCUT2D eigenvalue weighted by molar-refractivity contribution is -0.140. The summed E-state index contributed by atoms with van der Waals surface area (Å²) in [6.07, 6.45) is -0.795. The van der Waals surface area contributed by atoms with Gasteiger partial charge in [-0.1, -0.05) is 0 Å². The number of halogens is 3. The van der Waals surface area contributed by atoms with Crippen molar-refractivity contribution in [3.63, 3.8) is 0 Å². The van der Waals surface area contributed by atoms with E-state index < -0.39 is 34.9 Å². The molecular formula is C24H21F3N6O5S. The van der Waals surface area contributed by atoms with Crippen LogP contribution in [0.4, 0.5) is 23.8 Å². The molecule has 11 nitrogen and oxygen atoms in total. The highest BCUT2D eigenvalue weighted by molar-refractivity contribution is 7.13. The zero-order valence-electron chi connectivity index (χ0n) is 20.5. The third-order valence-electron chi connectivity index (χ3n) is 5.50. The number of anilines is 1. The molecule has 0 aliphatic rings. The van der Waals surface area contributed by atoms with Crippen LogP contribution < -0.4 is 16.1 Å². The van der Waals surface area contributed by atoms with E-state index in [1.807, 2.05) is 0 Å². The smallest absolute Gasteiger partial charge is 0.434 e. The van der Waals surface area contributed by atoms with Crippen molar-refractivity contribution in [2.75, 3.05) is 25.6 Å². The summed E-state index contributed by atoms with van der Waals surface area (Å²) in [5.74, 6) is -1.38. The highest BCUT2D eigenvalue weighted by atomic mass is 32.1. The molecule has 204 valence electrons. The number of hydrogen-bond acceptors (Lipinski definition) is 8. The second-order valence-electron chi connectivity index (χ2n) is 8.09. The Balaban J connectivity index is 1.91. The summed E-state index contributed by atoms with van der Waals surface area (Å²) in [7, 11) is 1.47. The van der Waals surface area contributed by atoms with Crippen molar-refractivity contribution in [3.8, 4) is 21.7 Å². The Hall–Kier alpha value is -4.37. The number of carbonyl (C=O) groups is 2. The molecule has 0 saturated carbocycles. The maximum absolute atomic E-state index is 13.3. The van der Waals surface area contributed by atoms with Gasteiger partial charge in [0, 0.05) is 60.9 Å². The molecule has 15 heteroatoms. The number of aromatic nitrogens is 4. The lowest BCUT2D eigenvalue weighted by Crippen LogP contribution is -2.28. The van der Waals surface area contributed by atoms with Gasteiger partial charge in [0.15, 0.2) is 5.69 Å². The molecule has 4 aromatic rings. The van der Waals surface area contributed by atoms with Crippen molar-refractivity contribution in [2.24, 2.45) is 0 Å². The van der Waals surface area contributed by atoms with E-state index in [9.17, 15) is 32.7 Å². The number of pyridine rings is 3. The fraction of sp³-hybridized carbons (Fsp3) is 0.250. The maximum Gasteiger partial charge on any atom is 0.434 e. The quantitative estimate of drug-likeness (QED) is 0.291. The standard InChI is InChI=1S/C24H21F3N6O5S/c1-3-28-23(37)32-18-7-13(21-31-17(11-39-21)24(25,26)27)15(9-29-18)12-6-14-19(34)16(22(35)36)10-33(4-5-38-2)20(14)30-8-12/h6-11H,3-5H2,1-2H3,(H,35,36)(H2,28,29,32,37). The lowest BCUT2D eigenvalue weighted by Gasteiger charge is -2.14. The molecule has 0 radical (unpaired) electrons. The number of methoxy groups -OCH3 is 1. The first-order chi connectivity index (χ1) is 18.5. The number of carboxylic acids is 1. The summed E-state index contributed by atoms with van der Waals surface area (Å²) in [5, 5.41) is 15.4. The van der Waals surface area contributed by atoms with E-state index in [0.29, 0.717) is 6.54 Å². The van der Waals surface area contributed by atoms with Crippen molar-refractivity contribution >= 4 is 40.2 Å². The molecule has 0 unspecified atom stereocenters. The molecule has 0 aliphatic carbocycles. The average molecular weight is 563 g/mol. The molecule has 4 aromatic heterocycles. The fourth-order valence-corrected chi connectivity index (χ4v) is 4.57. The van der Waals surface area contributed by atoms with Crippen molar-refractivity contribution in [2.45, 2.75) is 19.6 Å². The summed E-state index contributed by atoms with van der Waals surface area (Å²) in [5.41, 5.74) is -1.43. The number of carboxylic acid groups (broad SMARTS) is 1. The minimum atomic E-state index is -4.67. The van der Waals surface area contributed by atoms with Crippen LogP contribution in [0.25, 0.3) is 32.7 Å². The number of rotatable bonds is 8. The highest BCUT2D eigenvalue weighted by Gasteiger charge is 2.34. The number of alkyl halides is 3. The summed E-state index contributed by atoms with van der Waals surface area (Å²) in [4.78, 5) is 49.0. The average Bonchev–Trinajstić information content (AvgIpc) is 3.39. The van der Waals surface area contributed by atoms with Crippen LogP contribution >= 0.6 is 11.3 Å². The van der Waals surface area contributed by atoms with Crippen LogP contribution in [0, 0.1) is 0 Å². The third-order valence-corrected chi connectivity index (χ3v) is 6.37. The van der Waals surface area contributed by atoms with Gasteiger partial charge in [-0.3, -0.25) is 10.1 Å². The zero-order chi connectivity index (χ0) is 28.3. The van der Waals surface area contributed by atoms with E-state index in [-0.39, 0.29) is 51.7 Å². The Labute approximate surface area is 222 Å². The first-order valence-electron chi connectivity index (χ1n) is 11.4. The van der Waals surface area contributed by atoms with Gasteiger partial charge in [-0.25, -0.2) is 24.5 Å². The van der Waals surface area contributed by atoms with Crippen LogP contribution in [0.3, 0.4) is 0 Å². The minimum absolute atomic E-state index is 0.0180. The number of nitrogens with zero attached hydrogens (tertiary/aromatic N) is 4. The van der Waals surface area contributed by atoms with Gasteiger partial charge in [-0.05, 0) is 19.1 Å². The van der Waals surface area contributed by atoms with Gasteiger partial charge in [0.2, 0.25) is 5.43 Å². The number of thiazole rings is 1. The summed E-state index contributed by atoms with van der Waals surface area (Å²) < 4.78 is 46.4. The molecule has 2 amide bonds. The number of ether oxygens (including phenoxy) is 1. The number of aromatic carboxylic acids is 1. The Morgan fingerprint density at radius 3 is 2.59 bits per heavy atom. The van der Waals surface area contributed by atoms with E-state index in [1.165, 1.54) is 42.4 Å². The molecule has 0 fully saturated rings. The monoisotopic (exact) mass is 562 g/mol. The Kier molecular flexibility index (Phi) is 7.92. The van der Waals surface area contributed by atoms with E-state index in [1.54, 1.807) is 6.92 Å². The van der Waals surface area contributed by atoms with Gasteiger partial charge in [-0.15, -0.1) is 11.3 Å². The number of fused-ring (bicyclic) bond motifs is 1. The van der Waals surface area contributed by atoms with Gasteiger partial charge in [0.25, 0.3) is 0 Å². The van der Waals surface area contributed by atoms with Gasteiger partial charge in [0.05, 0.1) is 12.0 Å². The highest BCUT2D eigenvalue weighted by Crippen LogP contribution is 2.38. The van der Waals surface area contributed by atoms with E-state index in [4.69, 9.17) is 4.74 Å². The maximum atomic E-state index is 13.3. The number of nitrogens with one attached hydrogen (secondary N) is 2. The normalized spacial score (nSPS) is 11.5. The van der Waals surface area contributed by atoms with E-state index in [2.05, 4.69) is 25.6 Å². The number of carbonyl (C=O) groups excluding carboxylic acids is 1. The van der Waals surface area contributed by atoms with Crippen LogP contribution in [-0.4, -0.2) is 56.9 Å². The second kappa shape index (κ2) is 11.2. The molecule has 0 spiro atoms. The third kappa shape index (κ3) is 5.88. The molecule has 0 bridgehead atoms. The first-order valence-corrected chi connectivity index (χ1v) is 12.2. The van der Waals surface area contributed by atoms with Crippen LogP contribution in [-0.2, 0) is 17.5 Å². The molecular weight excluding hydrogens is 541 g/mol. The Morgan fingerprint density at radius 2 is 1.95 bits per heavy atom. The Bertz CT molecular complexity index is 1620. The molecule has 0 aliphatic heterocycles. The van der Waals surface area contributed by atoms with Crippen LogP contribution in [0.1, 0.15) is 23.0 Å². The van der Waals surface area contributed by atoms with Crippen LogP contribution in [0.2, 0.25) is 0 Å². The van der Waals surface area contributed by atoms with Crippen molar-refractivity contribution in [1.82, 2.24) is 24.8 Å². The molecule has 4 rings (SSSR count). The molecule has 4 heterocycles. The number of urea groups is 1. The van der Waals surface area contributed by atoms with Gasteiger partial charge in [-0.2, -0.15) is 13.2 Å². The van der Waals surface area contributed by atoms with Crippen LogP contribution in [0.5, 0.6) is 0 Å². The molecule has 39 heavy (non-hydrogen) atoms. The van der Waals surface area contributed by atoms with Gasteiger partial charge < -0.3 is 19.7 Å². The number of hydrogen-bond donors (Lipinski definition) is 3. The van der Waals surface area contributed by atoms with Crippen molar-refractivity contribution < 1.29 is 32.6 Å². The number of amides is 2. The van der Waals surface area contributed by atoms with E-state index >= 15 is 0 Å². The second-order valence-corrected chi connectivity index (χ2v) is 8.95. The largest absolute Gasteiger partial charge is 0.477 e. The minimum Gasteiger partial charge on any atom is -0.477 e. The van der Waals surface area contributed by atoms with Crippen molar-refractivity contribution in [3.05, 3.63) is 57.6 Å². The predicted octanol–water partition coefficient (Wildman–Crippen LogP) is 4.09. The molecule has 3 N–H and O–H groups in total. The summed E-state index contributed by atoms with van der Waals surface area (Å²) in [6.45, 7) is 2.48. The molecule has 0 saturated heterocycles. The van der Waals surface area contributed by atoms with E-state index in [0.717, 1.165) is 16.7 Å². The summed E-state index contributed by atoms with van der Waals surface area (Å²) >= 11 is 0.736. The van der Waals surface area contributed by atoms with Crippen molar-refractivity contribution in [1.29, 1.82) is 0 Å².